The van der Waals surface area contributed by atoms with Crippen molar-refractivity contribution in [1.29, 1.82) is 0 Å². The molecule has 0 saturated carbocycles. The molecule has 0 spiro atoms. The van der Waals surface area contributed by atoms with Crippen molar-refractivity contribution in [2.75, 3.05) is 11.1 Å². The summed E-state index contributed by atoms with van der Waals surface area (Å²) in [6, 6.07) is 4.59. The van der Waals surface area contributed by atoms with Crippen molar-refractivity contribution >= 4 is 35.1 Å². The second-order valence-electron chi connectivity index (χ2n) is 4.49. The molecule has 2 heterocycles. The minimum atomic E-state index is -0.379. The van der Waals surface area contributed by atoms with Crippen LogP contribution in [0.15, 0.2) is 18.2 Å². The first kappa shape index (κ1) is 13.5. The zero-order valence-electron chi connectivity index (χ0n) is 10.5. The van der Waals surface area contributed by atoms with Gasteiger partial charge in [0.25, 0.3) is 0 Å². The Labute approximate surface area is 124 Å². The Morgan fingerprint density at radius 1 is 1.45 bits per heavy atom. The number of carbonyl (C=O) groups is 1. The highest BCUT2D eigenvalue weighted by molar-refractivity contribution is 8.00. The summed E-state index contributed by atoms with van der Waals surface area (Å²) < 4.78 is 14.2. The van der Waals surface area contributed by atoms with Gasteiger partial charge in [0.05, 0.1) is 11.0 Å². The number of benzene rings is 1. The number of hydrogen-bond acceptors (Lipinski definition) is 3. The third kappa shape index (κ3) is 2.19. The molecule has 4 nitrogen and oxygen atoms in total. The van der Waals surface area contributed by atoms with Crippen molar-refractivity contribution in [2.45, 2.75) is 12.2 Å². The third-order valence-corrected chi connectivity index (χ3v) is 4.72. The number of anilines is 1. The normalized spacial score (nSPS) is 18.4. The predicted octanol–water partition coefficient (Wildman–Crippen LogP) is 3.29. The molecule has 1 aliphatic rings. The fourth-order valence-electron chi connectivity index (χ4n) is 2.25. The van der Waals surface area contributed by atoms with E-state index in [9.17, 15) is 9.18 Å². The van der Waals surface area contributed by atoms with Gasteiger partial charge in [-0.05, 0) is 19.1 Å². The van der Waals surface area contributed by atoms with Crippen LogP contribution in [0.2, 0.25) is 5.02 Å². The van der Waals surface area contributed by atoms with Crippen LogP contribution in [-0.4, -0.2) is 21.9 Å². The molecule has 2 aromatic rings. The van der Waals surface area contributed by atoms with E-state index in [2.05, 4.69) is 15.5 Å². The van der Waals surface area contributed by atoms with E-state index in [-0.39, 0.29) is 22.7 Å². The van der Waals surface area contributed by atoms with Gasteiger partial charge in [0.2, 0.25) is 5.91 Å². The fourth-order valence-corrected chi connectivity index (χ4v) is 3.84. The maximum Gasteiger partial charge on any atom is 0.235 e. The molecule has 1 aromatic carbocycles. The van der Waals surface area contributed by atoms with Crippen LogP contribution in [0, 0.1) is 12.7 Å². The van der Waals surface area contributed by atoms with Gasteiger partial charge in [0.15, 0.2) is 5.82 Å². The molecule has 0 aliphatic carbocycles. The molecule has 1 unspecified atom stereocenters. The lowest BCUT2D eigenvalue weighted by atomic mass is 10.0. The molecule has 0 fully saturated rings. The van der Waals surface area contributed by atoms with E-state index in [0.717, 1.165) is 11.3 Å². The Hall–Kier alpha value is -1.53. The molecule has 1 atom stereocenters. The summed E-state index contributed by atoms with van der Waals surface area (Å²) in [5, 5.41) is 9.59. The quantitative estimate of drug-likeness (QED) is 0.849. The topological polar surface area (TPSA) is 57.8 Å². The third-order valence-electron chi connectivity index (χ3n) is 3.16. The number of aromatic amines is 1. The lowest BCUT2D eigenvalue weighted by Crippen LogP contribution is -2.12. The van der Waals surface area contributed by atoms with Crippen molar-refractivity contribution in [3.63, 3.8) is 0 Å². The van der Waals surface area contributed by atoms with E-state index in [1.54, 1.807) is 12.1 Å². The fraction of sp³-hybridized carbons (Fsp3) is 0.231. The number of fused-ring (bicyclic) bond motifs is 1. The maximum atomic E-state index is 14.2. The summed E-state index contributed by atoms with van der Waals surface area (Å²) in [7, 11) is 0. The highest BCUT2D eigenvalue weighted by Crippen LogP contribution is 2.45. The van der Waals surface area contributed by atoms with E-state index in [1.807, 2.05) is 6.92 Å². The molecule has 104 valence electrons. The minimum absolute atomic E-state index is 0.155. The number of hydrogen-bond donors (Lipinski definition) is 2. The Kier molecular flexibility index (Phi) is 3.43. The molecule has 20 heavy (non-hydrogen) atoms. The number of rotatable bonds is 1. The van der Waals surface area contributed by atoms with Gasteiger partial charge in [0.1, 0.15) is 5.82 Å². The smallest absolute Gasteiger partial charge is 0.235 e. The van der Waals surface area contributed by atoms with Crippen LogP contribution in [0.3, 0.4) is 0 Å². The van der Waals surface area contributed by atoms with Gasteiger partial charge in [0, 0.05) is 21.8 Å². The van der Waals surface area contributed by atoms with Gasteiger partial charge in [-0.3, -0.25) is 9.89 Å². The van der Waals surface area contributed by atoms with Crippen LogP contribution in [0.1, 0.15) is 22.1 Å². The van der Waals surface area contributed by atoms with Gasteiger partial charge in [-0.2, -0.15) is 5.10 Å². The molecule has 1 aliphatic heterocycles. The van der Waals surface area contributed by atoms with E-state index in [0.29, 0.717) is 16.4 Å². The Morgan fingerprint density at radius 2 is 2.25 bits per heavy atom. The predicted molar refractivity (Wildman–Crippen MR) is 77.7 cm³/mol. The van der Waals surface area contributed by atoms with Crippen molar-refractivity contribution < 1.29 is 9.18 Å². The van der Waals surface area contributed by atoms with Crippen LogP contribution in [0.25, 0.3) is 0 Å². The van der Waals surface area contributed by atoms with Crippen LogP contribution < -0.4 is 5.32 Å². The molecule has 0 radical (unpaired) electrons. The number of aryl methyl sites for hydroxylation is 1. The Balaban J connectivity index is 2.18. The maximum absolute atomic E-state index is 14.2. The van der Waals surface area contributed by atoms with Crippen LogP contribution in [0.5, 0.6) is 0 Å². The highest BCUT2D eigenvalue weighted by atomic mass is 35.5. The standard InChI is InChI=1S/C13H11ClFN3OS/c1-6-10-12(11-7(14)3-2-4-8(11)15)20-5-9(19)16-13(10)18-17-6/h2-4,12H,5H2,1H3,(H2,16,17,18,19). The number of halogens is 2. The average Bonchev–Trinajstić information content (AvgIpc) is 2.65. The van der Waals surface area contributed by atoms with E-state index in [1.165, 1.54) is 17.8 Å². The van der Waals surface area contributed by atoms with Crippen molar-refractivity contribution in [2.24, 2.45) is 0 Å². The first-order chi connectivity index (χ1) is 9.58. The summed E-state index contributed by atoms with van der Waals surface area (Å²) in [4.78, 5) is 11.7. The van der Waals surface area contributed by atoms with Gasteiger partial charge < -0.3 is 5.32 Å². The van der Waals surface area contributed by atoms with Gasteiger partial charge >= 0.3 is 0 Å². The second kappa shape index (κ2) is 5.10. The zero-order valence-corrected chi connectivity index (χ0v) is 12.1. The molecular formula is C13H11ClFN3OS. The van der Waals surface area contributed by atoms with Crippen molar-refractivity contribution in [3.8, 4) is 0 Å². The first-order valence-corrected chi connectivity index (χ1v) is 7.41. The minimum Gasteiger partial charge on any atom is -0.308 e. The number of amides is 1. The SMILES string of the molecule is Cc1[nH]nc2c1C(c1c(F)cccc1Cl)SCC(=O)N2. The number of nitrogens with one attached hydrogen (secondary N) is 2. The molecule has 1 aromatic heterocycles. The second-order valence-corrected chi connectivity index (χ2v) is 5.99. The van der Waals surface area contributed by atoms with Crippen molar-refractivity contribution in [1.82, 2.24) is 10.2 Å². The van der Waals surface area contributed by atoms with Crippen LogP contribution >= 0.6 is 23.4 Å². The van der Waals surface area contributed by atoms with Gasteiger partial charge in [-0.25, -0.2) is 4.39 Å². The molecule has 3 rings (SSSR count). The molecule has 1 amide bonds. The van der Waals surface area contributed by atoms with E-state index >= 15 is 0 Å². The van der Waals surface area contributed by atoms with Crippen LogP contribution in [-0.2, 0) is 4.79 Å². The summed E-state index contributed by atoms with van der Waals surface area (Å²) in [5.41, 5.74) is 1.95. The van der Waals surface area contributed by atoms with E-state index < -0.39 is 0 Å². The molecule has 0 saturated heterocycles. The van der Waals surface area contributed by atoms with Crippen LogP contribution in [0.4, 0.5) is 10.2 Å². The summed E-state index contributed by atoms with van der Waals surface area (Å²) >= 11 is 7.49. The molecule has 2 N–H and O–H groups in total. The Morgan fingerprint density at radius 3 is 3.00 bits per heavy atom. The summed E-state index contributed by atoms with van der Waals surface area (Å²) in [6.45, 7) is 1.84. The largest absolute Gasteiger partial charge is 0.308 e. The Bertz CT molecular complexity index is 668. The highest BCUT2D eigenvalue weighted by Gasteiger charge is 2.31. The summed E-state index contributed by atoms with van der Waals surface area (Å²) in [5.74, 6) is 0.140. The lowest BCUT2D eigenvalue weighted by molar-refractivity contribution is -0.113. The monoisotopic (exact) mass is 311 g/mol. The molecule has 7 heteroatoms. The number of nitrogens with zero attached hydrogens (tertiary/aromatic N) is 1. The number of thioether (sulfide) groups is 1. The lowest BCUT2D eigenvalue weighted by Gasteiger charge is -2.17. The first-order valence-electron chi connectivity index (χ1n) is 5.98. The number of H-pyrrole nitrogens is 1. The van der Waals surface area contributed by atoms with Crippen molar-refractivity contribution in [3.05, 3.63) is 45.9 Å². The average molecular weight is 312 g/mol. The molecular weight excluding hydrogens is 301 g/mol. The number of carbonyl (C=O) groups excluding carboxylic acids is 1. The summed E-state index contributed by atoms with van der Waals surface area (Å²) in [6.07, 6.45) is 0. The van der Waals surface area contributed by atoms with Gasteiger partial charge in [-0.15, -0.1) is 11.8 Å². The van der Waals surface area contributed by atoms with E-state index in [4.69, 9.17) is 11.6 Å². The molecule has 0 bridgehead atoms. The van der Waals surface area contributed by atoms with Gasteiger partial charge in [-0.1, -0.05) is 17.7 Å². The zero-order chi connectivity index (χ0) is 14.3. The number of aromatic nitrogens is 2.